The van der Waals surface area contributed by atoms with Gasteiger partial charge < -0.3 is 10.1 Å². The molecule has 0 unspecified atom stereocenters. The first kappa shape index (κ1) is 15.7. The van der Waals surface area contributed by atoms with Crippen molar-refractivity contribution in [1.82, 2.24) is 5.32 Å². The lowest BCUT2D eigenvalue weighted by Gasteiger charge is -2.06. The van der Waals surface area contributed by atoms with Gasteiger partial charge in [-0.15, -0.1) is 0 Å². The van der Waals surface area contributed by atoms with Gasteiger partial charge in [0.2, 0.25) is 0 Å². The van der Waals surface area contributed by atoms with Crippen molar-refractivity contribution >= 4 is 0 Å². The van der Waals surface area contributed by atoms with E-state index in [-0.39, 0.29) is 0 Å². The summed E-state index contributed by atoms with van der Waals surface area (Å²) in [6.07, 6.45) is 3.57. The van der Waals surface area contributed by atoms with Crippen LogP contribution in [0.2, 0.25) is 0 Å². The molecule has 0 radical (unpaired) electrons. The van der Waals surface area contributed by atoms with E-state index < -0.39 is 0 Å². The first-order valence-electron chi connectivity index (χ1n) is 7.81. The average molecular weight is 283 g/mol. The van der Waals surface area contributed by atoms with E-state index in [2.05, 4.69) is 59.9 Å². The summed E-state index contributed by atoms with van der Waals surface area (Å²) in [6, 6.07) is 20.9. The number of hydrogen-bond acceptors (Lipinski definition) is 2. The Morgan fingerprint density at radius 3 is 2.10 bits per heavy atom. The average Bonchev–Trinajstić information content (AvgIpc) is 2.55. The molecule has 0 spiro atoms. The van der Waals surface area contributed by atoms with Gasteiger partial charge >= 0.3 is 0 Å². The predicted molar refractivity (Wildman–Crippen MR) is 88.1 cm³/mol. The summed E-state index contributed by atoms with van der Waals surface area (Å²) >= 11 is 0. The molecule has 0 saturated carbocycles. The fourth-order valence-corrected chi connectivity index (χ4v) is 2.22. The Morgan fingerprint density at radius 2 is 1.38 bits per heavy atom. The fraction of sp³-hybridized carbons (Fsp3) is 0.368. The smallest absolute Gasteiger partial charge is 0.0716 e. The first-order valence-corrected chi connectivity index (χ1v) is 7.81. The molecule has 0 aliphatic rings. The topological polar surface area (TPSA) is 21.3 Å². The van der Waals surface area contributed by atoms with Crippen molar-refractivity contribution in [2.75, 3.05) is 13.2 Å². The number of benzene rings is 2. The Bertz CT molecular complexity index is 424. The van der Waals surface area contributed by atoms with Crippen LogP contribution in [0.15, 0.2) is 60.7 Å². The van der Waals surface area contributed by atoms with Crippen molar-refractivity contribution in [1.29, 1.82) is 0 Å². The maximum atomic E-state index is 5.68. The van der Waals surface area contributed by atoms with Gasteiger partial charge in [0.15, 0.2) is 0 Å². The Balaban J connectivity index is 1.40. The predicted octanol–water partition coefficient (Wildman–Crippen LogP) is 4.16. The molecule has 2 aromatic rings. The van der Waals surface area contributed by atoms with E-state index in [1.165, 1.54) is 24.0 Å². The lowest BCUT2D eigenvalue weighted by Crippen LogP contribution is -2.14. The fourth-order valence-electron chi connectivity index (χ4n) is 2.22. The summed E-state index contributed by atoms with van der Waals surface area (Å²) < 4.78 is 5.68. The molecule has 2 rings (SSSR count). The molecular formula is C19H25NO. The molecule has 112 valence electrons. The third kappa shape index (κ3) is 7.07. The quantitative estimate of drug-likeness (QED) is 0.661. The summed E-state index contributed by atoms with van der Waals surface area (Å²) in [5.41, 5.74) is 2.60. The molecule has 0 amide bonds. The van der Waals surface area contributed by atoms with Gasteiger partial charge in [-0.1, -0.05) is 60.7 Å². The van der Waals surface area contributed by atoms with Crippen molar-refractivity contribution in [2.45, 2.75) is 32.4 Å². The summed E-state index contributed by atoms with van der Waals surface area (Å²) in [4.78, 5) is 0. The van der Waals surface area contributed by atoms with E-state index in [0.717, 1.165) is 32.7 Å². The largest absolute Gasteiger partial charge is 0.377 e. The van der Waals surface area contributed by atoms with Gasteiger partial charge in [0, 0.05) is 13.2 Å². The van der Waals surface area contributed by atoms with Crippen LogP contribution in [0.25, 0.3) is 0 Å². The van der Waals surface area contributed by atoms with E-state index in [1.54, 1.807) is 0 Å². The maximum absolute atomic E-state index is 5.68. The van der Waals surface area contributed by atoms with E-state index >= 15 is 0 Å². The van der Waals surface area contributed by atoms with Crippen molar-refractivity contribution in [3.8, 4) is 0 Å². The highest BCUT2D eigenvalue weighted by Crippen LogP contribution is 2.02. The molecule has 0 aromatic heterocycles. The van der Waals surface area contributed by atoms with Gasteiger partial charge in [-0.05, 0) is 36.9 Å². The minimum absolute atomic E-state index is 0.729. The van der Waals surface area contributed by atoms with Crippen LogP contribution in [-0.4, -0.2) is 13.2 Å². The van der Waals surface area contributed by atoms with Crippen LogP contribution in [0.1, 0.15) is 30.4 Å². The van der Waals surface area contributed by atoms with Gasteiger partial charge in [-0.25, -0.2) is 0 Å². The van der Waals surface area contributed by atoms with Crippen LogP contribution in [0.5, 0.6) is 0 Å². The molecule has 0 aliphatic carbocycles. The number of nitrogens with one attached hydrogen (secondary N) is 1. The van der Waals surface area contributed by atoms with Gasteiger partial charge in [0.1, 0.15) is 0 Å². The lowest BCUT2D eigenvalue weighted by atomic mass is 10.2. The molecule has 0 heterocycles. The third-order valence-electron chi connectivity index (χ3n) is 3.43. The molecule has 0 atom stereocenters. The van der Waals surface area contributed by atoms with Gasteiger partial charge in [0.25, 0.3) is 0 Å². The number of rotatable bonds is 10. The molecule has 1 N–H and O–H groups in total. The highest BCUT2D eigenvalue weighted by atomic mass is 16.5. The van der Waals surface area contributed by atoms with Gasteiger partial charge in [-0.3, -0.25) is 0 Å². The standard InChI is InChI=1S/C19H25NO/c1-4-10-18(11-5-1)16-20-14-8-3-9-15-21-17-19-12-6-2-7-13-19/h1-2,4-7,10-13,20H,3,8-9,14-17H2. The molecular weight excluding hydrogens is 258 g/mol. The van der Waals surface area contributed by atoms with E-state index in [1.807, 2.05) is 6.07 Å². The Kier molecular flexibility index (Phi) is 7.60. The van der Waals surface area contributed by atoms with E-state index in [9.17, 15) is 0 Å². The van der Waals surface area contributed by atoms with Gasteiger partial charge in [-0.2, -0.15) is 0 Å². The molecule has 0 aliphatic heterocycles. The van der Waals surface area contributed by atoms with E-state index in [4.69, 9.17) is 4.74 Å². The summed E-state index contributed by atoms with van der Waals surface area (Å²) in [7, 11) is 0. The highest BCUT2D eigenvalue weighted by Gasteiger charge is 1.94. The zero-order chi connectivity index (χ0) is 14.6. The summed E-state index contributed by atoms with van der Waals surface area (Å²) in [5.74, 6) is 0. The lowest BCUT2D eigenvalue weighted by molar-refractivity contribution is 0.117. The minimum Gasteiger partial charge on any atom is -0.377 e. The molecule has 0 fully saturated rings. The van der Waals surface area contributed by atoms with Crippen LogP contribution in [0, 0.1) is 0 Å². The zero-order valence-electron chi connectivity index (χ0n) is 12.6. The molecule has 2 nitrogen and oxygen atoms in total. The van der Waals surface area contributed by atoms with Gasteiger partial charge in [0.05, 0.1) is 6.61 Å². The number of ether oxygens (including phenoxy) is 1. The van der Waals surface area contributed by atoms with Crippen molar-refractivity contribution < 1.29 is 4.74 Å². The van der Waals surface area contributed by atoms with Crippen LogP contribution in [0.3, 0.4) is 0 Å². The normalized spacial score (nSPS) is 10.7. The summed E-state index contributed by atoms with van der Waals surface area (Å²) in [6.45, 7) is 3.62. The number of hydrogen-bond donors (Lipinski definition) is 1. The Labute approximate surface area is 128 Å². The van der Waals surface area contributed by atoms with Crippen molar-refractivity contribution in [3.63, 3.8) is 0 Å². The second-order valence-electron chi connectivity index (χ2n) is 5.26. The number of unbranched alkanes of at least 4 members (excludes halogenated alkanes) is 2. The highest BCUT2D eigenvalue weighted by molar-refractivity contribution is 5.14. The van der Waals surface area contributed by atoms with Crippen LogP contribution in [-0.2, 0) is 17.9 Å². The molecule has 0 bridgehead atoms. The maximum Gasteiger partial charge on any atom is 0.0716 e. The monoisotopic (exact) mass is 283 g/mol. The molecule has 0 saturated heterocycles. The third-order valence-corrected chi connectivity index (χ3v) is 3.43. The zero-order valence-corrected chi connectivity index (χ0v) is 12.6. The van der Waals surface area contributed by atoms with Crippen LogP contribution in [0.4, 0.5) is 0 Å². The second-order valence-corrected chi connectivity index (χ2v) is 5.26. The Morgan fingerprint density at radius 1 is 0.714 bits per heavy atom. The van der Waals surface area contributed by atoms with Crippen molar-refractivity contribution in [3.05, 3.63) is 71.8 Å². The van der Waals surface area contributed by atoms with Crippen LogP contribution >= 0.6 is 0 Å². The van der Waals surface area contributed by atoms with Crippen LogP contribution < -0.4 is 5.32 Å². The van der Waals surface area contributed by atoms with Crippen molar-refractivity contribution in [2.24, 2.45) is 0 Å². The first-order chi connectivity index (χ1) is 10.4. The minimum atomic E-state index is 0.729. The second kappa shape index (κ2) is 10.1. The SMILES string of the molecule is c1ccc(CNCCCCCOCc2ccccc2)cc1. The summed E-state index contributed by atoms with van der Waals surface area (Å²) in [5, 5.41) is 3.48. The molecule has 21 heavy (non-hydrogen) atoms. The Hall–Kier alpha value is -1.64. The van der Waals surface area contributed by atoms with E-state index in [0.29, 0.717) is 0 Å². The molecule has 2 aromatic carbocycles. The molecule has 2 heteroatoms.